The average Bonchev–Trinajstić information content (AvgIpc) is 2.83. The maximum Gasteiger partial charge on any atom is 0.244 e. The summed E-state index contributed by atoms with van der Waals surface area (Å²) in [6, 6.07) is 3.44. The van der Waals surface area contributed by atoms with Gasteiger partial charge in [0.25, 0.3) is 0 Å². The fourth-order valence-electron chi connectivity index (χ4n) is 1.91. The van der Waals surface area contributed by atoms with Crippen LogP contribution in [0.15, 0.2) is 28.3 Å². The lowest BCUT2D eigenvalue weighted by Gasteiger charge is -2.15. The van der Waals surface area contributed by atoms with Crippen LogP contribution < -0.4 is 0 Å². The molecule has 2 rings (SSSR count). The van der Waals surface area contributed by atoms with Crippen LogP contribution in [0.3, 0.4) is 0 Å². The Labute approximate surface area is 113 Å². The standard InChI is InChI=1S/C12H18N2O2S2/c1-10(2)17-12-6-5-11(9-13-12)18(15,16)14-7-3-4-8-14/h5-6,9-10H,3-4,7-8H2,1-2H3. The molecule has 0 spiro atoms. The molecule has 6 heteroatoms. The first-order valence-corrected chi connectivity index (χ1v) is 8.45. The average molecular weight is 286 g/mol. The molecule has 1 fully saturated rings. The maximum atomic E-state index is 12.2. The molecule has 1 aliphatic heterocycles. The van der Waals surface area contributed by atoms with Crippen molar-refractivity contribution in [3.8, 4) is 0 Å². The SMILES string of the molecule is CC(C)Sc1ccc(S(=O)(=O)N2CCCC2)cn1. The van der Waals surface area contributed by atoms with Crippen LogP contribution in [0.2, 0.25) is 0 Å². The number of pyridine rings is 1. The molecular formula is C12H18N2O2S2. The third-order valence-corrected chi connectivity index (χ3v) is 5.61. The molecule has 1 saturated heterocycles. The fraction of sp³-hybridized carbons (Fsp3) is 0.583. The van der Waals surface area contributed by atoms with Crippen LogP contribution in [-0.4, -0.2) is 36.0 Å². The molecule has 2 heterocycles. The van der Waals surface area contributed by atoms with Crippen LogP contribution >= 0.6 is 11.8 Å². The Balaban J connectivity index is 2.18. The van der Waals surface area contributed by atoms with Crippen molar-refractivity contribution in [1.29, 1.82) is 0 Å². The first kappa shape index (κ1) is 13.8. The Morgan fingerprint density at radius 1 is 1.28 bits per heavy atom. The molecule has 0 aromatic carbocycles. The Morgan fingerprint density at radius 2 is 1.94 bits per heavy atom. The zero-order valence-electron chi connectivity index (χ0n) is 10.7. The van der Waals surface area contributed by atoms with Gasteiger partial charge in [0.1, 0.15) is 4.90 Å². The largest absolute Gasteiger partial charge is 0.249 e. The van der Waals surface area contributed by atoms with Gasteiger partial charge in [-0.1, -0.05) is 13.8 Å². The van der Waals surface area contributed by atoms with E-state index in [4.69, 9.17) is 0 Å². The van der Waals surface area contributed by atoms with E-state index in [9.17, 15) is 8.42 Å². The van der Waals surface area contributed by atoms with E-state index in [0.29, 0.717) is 23.2 Å². The molecule has 18 heavy (non-hydrogen) atoms. The highest BCUT2D eigenvalue weighted by Crippen LogP contribution is 2.24. The number of nitrogens with zero attached hydrogens (tertiary/aromatic N) is 2. The summed E-state index contributed by atoms with van der Waals surface area (Å²) < 4.78 is 26.0. The van der Waals surface area contributed by atoms with Crippen LogP contribution in [-0.2, 0) is 10.0 Å². The fourth-order valence-corrected chi connectivity index (χ4v) is 4.11. The minimum atomic E-state index is -3.32. The highest BCUT2D eigenvalue weighted by Gasteiger charge is 2.27. The molecule has 0 atom stereocenters. The van der Waals surface area contributed by atoms with E-state index in [1.54, 1.807) is 28.2 Å². The molecule has 4 nitrogen and oxygen atoms in total. The number of aromatic nitrogens is 1. The number of hydrogen-bond acceptors (Lipinski definition) is 4. The summed E-state index contributed by atoms with van der Waals surface area (Å²) in [7, 11) is -3.32. The number of sulfonamides is 1. The van der Waals surface area contributed by atoms with Gasteiger partial charge < -0.3 is 0 Å². The molecule has 0 unspecified atom stereocenters. The van der Waals surface area contributed by atoms with E-state index in [1.807, 2.05) is 0 Å². The Morgan fingerprint density at radius 3 is 2.44 bits per heavy atom. The predicted molar refractivity (Wildman–Crippen MR) is 73.2 cm³/mol. The molecule has 0 N–H and O–H groups in total. The van der Waals surface area contributed by atoms with Crippen molar-refractivity contribution in [3.63, 3.8) is 0 Å². The molecule has 0 saturated carbocycles. The zero-order chi connectivity index (χ0) is 13.2. The van der Waals surface area contributed by atoms with Gasteiger partial charge in [0.2, 0.25) is 10.0 Å². The monoisotopic (exact) mass is 286 g/mol. The minimum absolute atomic E-state index is 0.303. The van der Waals surface area contributed by atoms with Gasteiger partial charge in [-0.2, -0.15) is 4.31 Å². The molecule has 100 valence electrons. The van der Waals surface area contributed by atoms with Crippen LogP contribution in [0.1, 0.15) is 26.7 Å². The van der Waals surface area contributed by atoms with Crippen molar-refractivity contribution in [2.75, 3.05) is 13.1 Å². The Bertz CT molecular complexity index is 491. The summed E-state index contributed by atoms with van der Waals surface area (Å²) >= 11 is 1.63. The lowest BCUT2D eigenvalue weighted by Crippen LogP contribution is -2.27. The zero-order valence-corrected chi connectivity index (χ0v) is 12.3. The topological polar surface area (TPSA) is 50.3 Å². The normalized spacial score (nSPS) is 17.5. The van der Waals surface area contributed by atoms with Gasteiger partial charge in [-0.25, -0.2) is 13.4 Å². The molecule has 0 bridgehead atoms. The van der Waals surface area contributed by atoms with Crippen LogP contribution in [0.25, 0.3) is 0 Å². The second kappa shape index (κ2) is 5.59. The summed E-state index contributed by atoms with van der Waals surface area (Å²) in [4.78, 5) is 4.52. The van der Waals surface area contributed by atoms with Gasteiger partial charge in [0.05, 0.1) is 5.03 Å². The van der Waals surface area contributed by atoms with Crippen molar-refractivity contribution in [2.24, 2.45) is 0 Å². The van der Waals surface area contributed by atoms with Gasteiger partial charge in [0, 0.05) is 24.5 Å². The lowest BCUT2D eigenvalue weighted by molar-refractivity contribution is 0.477. The summed E-state index contributed by atoms with van der Waals surface area (Å²) in [5.74, 6) is 0. The second-order valence-corrected chi connectivity index (χ2v) is 8.14. The molecule has 0 amide bonds. The van der Waals surface area contributed by atoms with E-state index in [2.05, 4.69) is 18.8 Å². The number of rotatable bonds is 4. The lowest BCUT2D eigenvalue weighted by atomic mass is 10.4. The Hall–Kier alpha value is -0.590. The number of thioether (sulfide) groups is 1. The van der Waals surface area contributed by atoms with Gasteiger partial charge in [-0.15, -0.1) is 11.8 Å². The predicted octanol–water partition coefficient (Wildman–Crippen LogP) is 2.37. The molecular weight excluding hydrogens is 268 g/mol. The van der Waals surface area contributed by atoms with E-state index in [-0.39, 0.29) is 0 Å². The molecule has 0 radical (unpaired) electrons. The summed E-state index contributed by atoms with van der Waals surface area (Å²) in [6.07, 6.45) is 3.38. The van der Waals surface area contributed by atoms with E-state index in [1.165, 1.54) is 6.20 Å². The van der Waals surface area contributed by atoms with Crippen LogP contribution in [0, 0.1) is 0 Å². The first-order valence-electron chi connectivity index (χ1n) is 6.13. The molecule has 1 aliphatic rings. The van der Waals surface area contributed by atoms with Gasteiger partial charge in [0.15, 0.2) is 0 Å². The van der Waals surface area contributed by atoms with Crippen LogP contribution in [0.5, 0.6) is 0 Å². The summed E-state index contributed by atoms with van der Waals surface area (Å²) in [5.41, 5.74) is 0. The highest BCUT2D eigenvalue weighted by atomic mass is 32.2. The Kier molecular flexibility index (Phi) is 4.29. The van der Waals surface area contributed by atoms with E-state index in [0.717, 1.165) is 17.9 Å². The summed E-state index contributed by atoms with van der Waals surface area (Å²) in [5, 5.41) is 1.31. The highest BCUT2D eigenvalue weighted by molar-refractivity contribution is 7.99. The van der Waals surface area contributed by atoms with Crippen molar-refractivity contribution >= 4 is 21.8 Å². The first-order chi connectivity index (χ1) is 8.50. The van der Waals surface area contributed by atoms with E-state index >= 15 is 0 Å². The second-order valence-electron chi connectivity index (χ2n) is 4.61. The van der Waals surface area contributed by atoms with Crippen molar-refractivity contribution in [1.82, 2.24) is 9.29 Å². The maximum absolute atomic E-state index is 12.2. The quantitative estimate of drug-likeness (QED) is 0.797. The third-order valence-electron chi connectivity index (χ3n) is 2.77. The van der Waals surface area contributed by atoms with Gasteiger partial charge >= 0.3 is 0 Å². The molecule has 1 aromatic rings. The number of hydrogen-bond donors (Lipinski definition) is 0. The minimum Gasteiger partial charge on any atom is -0.249 e. The molecule has 0 aliphatic carbocycles. The smallest absolute Gasteiger partial charge is 0.244 e. The van der Waals surface area contributed by atoms with Crippen LogP contribution in [0.4, 0.5) is 0 Å². The van der Waals surface area contributed by atoms with Crippen molar-refractivity contribution in [3.05, 3.63) is 18.3 Å². The summed E-state index contributed by atoms with van der Waals surface area (Å²) in [6.45, 7) is 5.43. The van der Waals surface area contributed by atoms with Gasteiger partial charge in [-0.3, -0.25) is 0 Å². The van der Waals surface area contributed by atoms with Crippen molar-refractivity contribution in [2.45, 2.75) is 41.9 Å². The van der Waals surface area contributed by atoms with Gasteiger partial charge in [-0.05, 0) is 25.0 Å². The van der Waals surface area contributed by atoms with E-state index < -0.39 is 10.0 Å². The third kappa shape index (κ3) is 3.05. The van der Waals surface area contributed by atoms with Crippen molar-refractivity contribution < 1.29 is 8.42 Å². The molecule has 1 aromatic heterocycles.